The molecule has 0 fully saturated rings. The van der Waals surface area contributed by atoms with Gasteiger partial charge in [-0.3, -0.25) is 14.9 Å². The average Bonchev–Trinajstić information content (AvgIpc) is 3.31. The Hall–Kier alpha value is -2.37. The normalized spacial score (nSPS) is 10.5. The highest BCUT2D eigenvalue weighted by molar-refractivity contribution is 9.10. The van der Waals surface area contributed by atoms with E-state index in [1.54, 1.807) is 24.3 Å². The van der Waals surface area contributed by atoms with Gasteiger partial charge in [-0.1, -0.05) is 35.2 Å². The van der Waals surface area contributed by atoms with Crippen LogP contribution in [0.2, 0.25) is 0 Å². The summed E-state index contributed by atoms with van der Waals surface area (Å²) in [5.74, 6) is 0.299. The third kappa shape index (κ3) is 5.57. The van der Waals surface area contributed by atoms with Crippen LogP contribution >= 0.6 is 39.0 Å². The number of hydrogen-bond acceptors (Lipinski definition) is 8. The number of carbonyl (C=O) groups excluding carboxylic acids is 2. The molecule has 0 saturated carbocycles. The van der Waals surface area contributed by atoms with E-state index in [1.165, 1.54) is 23.1 Å². The maximum atomic E-state index is 12.2. The fourth-order valence-corrected chi connectivity index (χ4v) is 3.93. The number of aromatic nitrogens is 2. The van der Waals surface area contributed by atoms with Gasteiger partial charge in [0.1, 0.15) is 5.75 Å². The molecule has 3 aromatic rings. The van der Waals surface area contributed by atoms with Crippen LogP contribution in [0.5, 0.6) is 5.75 Å². The standard InChI is InChI=1S/C17H15BrN4O4S2/c1-2-25-11-6-4-3-5-10(11)19-14(23)9-27-17-22-21-16(28-17)20-15(24)12-7-8-13(18)26-12/h3-8H,2,9H2,1H3,(H,19,23)(H,20,21,24). The fraction of sp³-hybridized carbons (Fsp3) is 0.176. The Morgan fingerprint density at radius 2 is 2.04 bits per heavy atom. The van der Waals surface area contributed by atoms with Crippen molar-refractivity contribution in [2.24, 2.45) is 0 Å². The van der Waals surface area contributed by atoms with Gasteiger partial charge in [-0.15, -0.1) is 10.2 Å². The van der Waals surface area contributed by atoms with E-state index in [0.717, 1.165) is 0 Å². The number of halogens is 1. The maximum absolute atomic E-state index is 12.2. The van der Waals surface area contributed by atoms with Crippen molar-refractivity contribution in [3.63, 3.8) is 0 Å². The molecular weight excluding hydrogens is 468 g/mol. The summed E-state index contributed by atoms with van der Waals surface area (Å²) < 4.78 is 11.7. The zero-order chi connectivity index (χ0) is 19.9. The Morgan fingerprint density at radius 1 is 1.21 bits per heavy atom. The number of benzene rings is 1. The van der Waals surface area contributed by atoms with Gasteiger partial charge in [0, 0.05) is 0 Å². The fourth-order valence-electron chi connectivity index (χ4n) is 2.08. The number of ether oxygens (including phenoxy) is 1. The minimum atomic E-state index is -0.427. The highest BCUT2D eigenvalue weighted by Gasteiger charge is 2.15. The molecule has 3 rings (SSSR count). The third-order valence-corrected chi connectivity index (χ3v) is 5.61. The smallest absolute Gasteiger partial charge is 0.293 e. The van der Waals surface area contributed by atoms with E-state index in [1.807, 2.05) is 19.1 Å². The highest BCUT2D eigenvalue weighted by atomic mass is 79.9. The van der Waals surface area contributed by atoms with Crippen molar-refractivity contribution in [3.8, 4) is 5.75 Å². The van der Waals surface area contributed by atoms with Crippen LogP contribution in [0.15, 0.2) is 49.8 Å². The molecule has 0 radical (unpaired) electrons. The number of anilines is 2. The summed E-state index contributed by atoms with van der Waals surface area (Å²) >= 11 is 5.54. The number of para-hydroxylation sites is 2. The van der Waals surface area contributed by atoms with Gasteiger partial charge in [-0.2, -0.15) is 0 Å². The summed E-state index contributed by atoms with van der Waals surface area (Å²) in [7, 11) is 0. The molecule has 0 aliphatic carbocycles. The lowest BCUT2D eigenvalue weighted by Crippen LogP contribution is -2.14. The lowest BCUT2D eigenvalue weighted by atomic mass is 10.3. The van der Waals surface area contributed by atoms with Crippen LogP contribution in [-0.4, -0.2) is 34.4 Å². The van der Waals surface area contributed by atoms with E-state index >= 15 is 0 Å². The van der Waals surface area contributed by atoms with E-state index in [4.69, 9.17) is 9.15 Å². The summed E-state index contributed by atoms with van der Waals surface area (Å²) in [5, 5.41) is 13.6. The molecule has 2 amide bonds. The summed E-state index contributed by atoms with van der Waals surface area (Å²) in [6.45, 7) is 2.39. The Kier molecular flexibility index (Phi) is 7.06. The molecule has 0 atom stereocenters. The second kappa shape index (κ2) is 9.71. The second-order valence-electron chi connectivity index (χ2n) is 5.20. The molecule has 2 heterocycles. The Bertz CT molecular complexity index is 975. The largest absolute Gasteiger partial charge is 0.492 e. The first kappa shape index (κ1) is 20.4. The van der Waals surface area contributed by atoms with E-state index in [9.17, 15) is 9.59 Å². The Labute approximate surface area is 177 Å². The minimum Gasteiger partial charge on any atom is -0.492 e. The molecule has 8 nitrogen and oxygen atoms in total. The quantitative estimate of drug-likeness (QED) is 0.364. The van der Waals surface area contributed by atoms with Crippen LogP contribution in [0.25, 0.3) is 0 Å². The van der Waals surface area contributed by atoms with Gasteiger partial charge in [0.2, 0.25) is 11.0 Å². The van der Waals surface area contributed by atoms with E-state index < -0.39 is 5.91 Å². The topological polar surface area (TPSA) is 106 Å². The number of carbonyl (C=O) groups is 2. The maximum Gasteiger partial charge on any atom is 0.293 e. The molecule has 0 aliphatic rings. The predicted octanol–water partition coefficient (Wildman–Crippen LogP) is 4.28. The molecule has 0 saturated heterocycles. The predicted molar refractivity (Wildman–Crippen MR) is 111 cm³/mol. The molecule has 0 aliphatic heterocycles. The van der Waals surface area contributed by atoms with Crippen molar-refractivity contribution in [2.75, 3.05) is 23.0 Å². The molecular formula is C17H15BrN4O4S2. The van der Waals surface area contributed by atoms with Gasteiger partial charge < -0.3 is 14.5 Å². The first-order valence-electron chi connectivity index (χ1n) is 8.10. The number of hydrogen-bond donors (Lipinski definition) is 2. The van der Waals surface area contributed by atoms with Crippen LogP contribution < -0.4 is 15.4 Å². The Balaban J connectivity index is 1.51. The average molecular weight is 483 g/mol. The SMILES string of the molecule is CCOc1ccccc1NC(=O)CSc1nnc(NC(=O)c2ccc(Br)o2)s1. The number of nitrogens with one attached hydrogen (secondary N) is 2. The van der Waals surface area contributed by atoms with Crippen molar-refractivity contribution >= 4 is 61.7 Å². The van der Waals surface area contributed by atoms with Crippen molar-refractivity contribution < 1.29 is 18.7 Å². The van der Waals surface area contributed by atoms with Gasteiger partial charge in [0.05, 0.1) is 18.0 Å². The van der Waals surface area contributed by atoms with E-state index in [0.29, 0.717) is 32.2 Å². The molecule has 28 heavy (non-hydrogen) atoms. The van der Waals surface area contributed by atoms with Crippen LogP contribution in [0.3, 0.4) is 0 Å². The minimum absolute atomic E-state index is 0.147. The van der Waals surface area contributed by atoms with E-state index in [-0.39, 0.29) is 17.4 Å². The lowest BCUT2D eigenvalue weighted by molar-refractivity contribution is -0.113. The van der Waals surface area contributed by atoms with Crippen molar-refractivity contribution in [1.82, 2.24) is 10.2 Å². The van der Waals surface area contributed by atoms with E-state index in [2.05, 4.69) is 36.8 Å². The summed E-state index contributed by atoms with van der Waals surface area (Å²) in [5.41, 5.74) is 0.616. The highest BCUT2D eigenvalue weighted by Crippen LogP contribution is 2.27. The van der Waals surface area contributed by atoms with Crippen LogP contribution in [0.4, 0.5) is 10.8 Å². The summed E-state index contributed by atoms with van der Waals surface area (Å²) in [6, 6.07) is 10.4. The zero-order valence-corrected chi connectivity index (χ0v) is 17.8. The number of rotatable bonds is 8. The molecule has 146 valence electrons. The molecule has 0 bridgehead atoms. The first-order chi connectivity index (χ1) is 13.5. The molecule has 11 heteroatoms. The Morgan fingerprint density at radius 3 is 2.79 bits per heavy atom. The third-order valence-electron chi connectivity index (χ3n) is 3.21. The van der Waals surface area contributed by atoms with Crippen LogP contribution in [0, 0.1) is 0 Å². The van der Waals surface area contributed by atoms with Crippen molar-refractivity contribution in [3.05, 3.63) is 46.8 Å². The van der Waals surface area contributed by atoms with Gasteiger partial charge in [-0.05, 0) is 47.1 Å². The summed E-state index contributed by atoms with van der Waals surface area (Å²) in [6.07, 6.45) is 0. The molecule has 0 unspecified atom stereocenters. The summed E-state index contributed by atoms with van der Waals surface area (Å²) in [4.78, 5) is 24.2. The van der Waals surface area contributed by atoms with Crippen molar-refractivity contribution in [2.45, 2.75) is 11.3 Å². The number of nitrogens with zero attached hydrogens (tertiary/aromatic N) is 2. The zero-order valence-electron chi connectivity index (χ0n) is 14.6. The van der Waals surface area contributed by atoms with Gasteiger partial charge in [0.15, 0.2) is 14.8 Å². The second-order valence-corrected chi connectivity index (χ2v) is 8.18. The molecule has 2 aromatic heterocycles. The van der Waals surface area contributed by atoms with Crippen LogP contribution in [-0.2, 0) is 4.79 Å². The molecule has 2 N–H and O–H groups in total. The van der Waals surface area contributed by atoms with Gasteiger partial charge >= 0.3 is 0 Å². The van der Waals surface area contributed by atoms with Crippen molar-refractivity contribution in [1.29, 1.82) is 0 Å². The lowest BCUT2D eigenvalue weighted by Gasteiger charge is -2.10. The number of amides is 2. The van der Waals surface area contributed by atoms with Gasteiger partial charge in [-0.25, -0.2) is 0 Å². The first-order valence-corrected chi connectivity index (χ1v) is 10.7. The number of thioether (sulfide) groups is 1. The molecule has 0 spiro atoms. The number of furan rings is 1. The molecule has 1 aromatic carbocycles. The van der Waals surface area contributed by atoms with Gasteiger partial charge in [0.25, 0.3) is 5.91 Å². The monoisotopic (exact) mass is 482 g/mol. The van der Waals surface area contributed by atoms with Crippen LogP contribution in [0.1, 0.15) is 17.5 Å².